The Hall–Kier alpha value is -0.610. The van der Waals surface area contributed by atoms with E-state index in [9.17, 15) is 0 Å². The molecule has 0 atom stereocenters. The Kier molecular flexibility index (Phi) is 3.26. The predicted molar refractivity (Wildman–Crippen MR) is 62.8 cm³/mol. The standard InChI is InChI=1S/C11H17N3S/c1-9-6-13-10(14-7-9)15-8-11(2-3-11)4-5-12/h6-7H,2-5,8,12H2,1H3. The Balaban J connectivity index is 1.85. The minimum Gasteiger partial charge on any atom is -0.330 e. The van der Waals surface area contributed by atoms with Gasteiger partial charge in [0.25, 0.3) is 0 Å². The molecule has 3 nitrogen and oxygen atoms in total. The molecule has 1 aromatic heterocycles. The molecule has 0 aliphatic heterocycles. The first-order valence-electron chi connectivity index (χ1n) is 5.36. The maximum absolute atomic E-state index is 5.60. The fourth-order valence-electron chi connectivity index (χ4n) is 1.62. The lowest BCUT2D eigenvalue weighted by Crippen LogP contribution is -2.11. The van der Waals surface area contributed by atoms with E-state index in [0.29, 0.717) is 5.41 Å². The Morgan fingerprint density at radius 1 is 1.40 bits per heavy atom. The fraction of sp³-hybridized carbons (Fsp3) is 0.636. The van der Waals surface area contributed by atoms with Gasteiger partial charge in [0.15, 0.2) is 5.16 Å². The topological polar surface area (TPSA) is 51.8 Å². The summed E-state index contributed by atoms with van der Waals surface area (Å²) < 4.78 is 0. The molecular formula is C11H17N3S. The Labute approximate surface area is 94.9 Å². The molecule has 0 amide bonds. The van der Waals surface area contributed by atoms with Crippen LogP contribution in [0.1, 0.15) is 24.8 Å². The number of hydrogen-bond donors (Lipinski definition) is 1. The summed E-state index contributed by atoms with van der Waals surface area (Å²) in [6, 6.07) is 0. The second-order valence-electron chi connectivity index (χ2n) is 4.37. The summed E-state index contributed by atoms with van der Waals surface area (Å²) in [5, 5.41) is 0.892. The van der Waals surface area contributed by atoms with Gasteiger partial charge in [0.2, 0.25) is 0 Å². The third kappa shape index (κ3) is 2.92. The number of aromatic nitrogens is 2. The number of hydrogen-bond acceptors (Lipinski definition) is 4. The molecular weight excluding hydrogens is 206 g/mol. The van der Waals surface area contributed by atoms with Gasteiger partial charge in [0.1, 0.15) is 0 Å². The molecule has 1 saturated carbocycles. The lowest BCUT2D eigenvalue weighted by atomic mass is 10.1. The average Bonchev–Trinajstić information content (AvgIpc) is 2.99. The monoisotopic (exact) mass is 223 g/mol. The van der Waals surface area contributed by atoms with Gasteiger partial charge in [0.05, 0.1) is 0 Å². The van der Waals surface area contributed by atoms with Crippen LogP contribution < -0.4 is 5.73 Å². The highest BCUT2D eigenvalue weighted by Gasteiger charge is 2.41. The highest BCUT2D eigenvalue weighted by Crippen LogP contribution is 2.51. The van der Waals surface area contributed by atoms with Crippen LogP contribution in [-0.4, -0.2) is 22.3 Å². The van der Waals surface area contributed by atoms with Crippen LogP contribution in [0.2, 0.25) is 0 Å². The van der Waals surface area contributed by atoms with Gasteiger partial charge >= 0.3 is 0 Å². The van der Waals surface area contributed by atoms with E-state index >= 15 is 0 Å². The zero-order valence-electron chi connectivity index (χ0n) is 9.07. The lowest BCUT2D eigenvalue weighted by molar-refractivity contribution is 0.537. The lowest BCUT2D eigenvalue weighted by Gasteiger charge is -2.11. The van der Waals surface area contributed by atoms with Gasteiger partial charge in [-0.2, -0.15) is 0 Å². The van der Waals surface area contributed by atoms with Crippen molar-refractivity contribution in [2.45, 2.75) is 31.3 Å². The van der Waals surface area contributed by atoms with E-state index < -0.39 is 0 Å². The fourth-order valence-corrected chi connectivity index (χ4v) is 2.75. The highest BCUT2D eigenvalue weighted by molar-refractivity contribution is 7.99. The van der Waals surface area contributed by atoms with Crippen molar-refractivity contribution in [1.29, 1.82) is 0 Å². The summed E-state index contributed by atoms with van der Waals surface area (Å²) in [4.78, 5) is 8.58. The van der Waals surface area contributed by atoms with Gasteiger partial charge in [-0.15, -0.1) is 0 Å². The van der Waals surface area contributed by atoms with Gasteiger partial charge in [-0.25, -0.2) is 9.97 Å². The predicted octanol–water partition coefficient (Wildman–Crippen LogP) is 2.01. The molecule has 82 valence electrons. The molecule has 1 fully saturated rings. The summed E-state index contributed by atoms with van der Waals surface area (Å²) in [5.41, 5.74) is 7.22. The largest absolute Gasteiger partial charge is 0.330 e. The van der Waals surface area contributed by atoms with Crippen LogP contribution in [0.25, 0.3) is 0 Å². The van der Waals surface area contributed by atoms with Gasteiger partial charge in [-0.05, 0) is 43.7 Å². The van der Waals surface area contributed by atoms with E-state index in [4.69, 9.17) is 5.73 Å². The molecule has 2 N–H and O–H groups in total. The van der Waals surface area contributed by atoms with E-state index in [1.165, 1.54) is 12.8 Å². The number of aryl methyl sites for hydroxylation is 1. The summed E-state index contributed by atoms with van der Waals surface area (Å²) in [6.07, 6.45) is 7.54. The highest BCUT2D eigenvalue weighted by atomic mass is 32.2. The molecule has 0 aromatic carbocycles. The molecule has 1 heterocycles. The molecule has 2 rings (SSSR count). The van der Waals surface area contributed by atoms with Crippen molar-refractivity contribution >= 4 is 11.8 Å². The summed E-state index contributed by atoms with van der Waals surface area (Å²) >= 11 is 1.76. The van der Waals surface area contributed by atoms with Crippen molar-refractivity contribution in [2.75, 3.05) is 12.3 Å². The first-order chi connectivity index (χ1) is 7.24. The molecule has 1 aromatic rings. The maximum Gasteiger partial charge on any atom is 0.187 e. The molecule has 0 radical (unpaired) electrons. The molecule has 0 bridgehead atoms. The van der Waals surface area contributed by atoms with E-state index in [2.05, 4.69) is 9.97 Å². The summed E-state index contributed by atoms with van der Waals surface area (Å²) in [7, 11) is 0. The van der Waals surface area contributed by atoms with Crippen molar-refractivity contribution in [3.8, 4) is 0 Å². The zero-order valence-corrected chi connectivity index (χ0v) is 9.89. The van der Waals surface area contributed by atoms with Crippen LogP contribution in [-0.2, 0) is 0 Å². The van der Waals surface area contributed by atoms with E-state index in [1.807, 2.05) is 19.3 Å². The average molecular weight is 223 g/mol. The van der Waals surface area contributed by atoms with Crippen LogP contribution in [0.4, 0.5) is 0 Å². The van der Waals surface area contributed by atoms with Gasteiger partial charge in [0, 0.05) is 18.1 Å². The number of rotatable bonds is 5. The van der Waals surface area contributed by atoms with Crippen LogP contribution in [0.3, 0.4) is 0 Å². The molecule has 15 heavy (non-hydrogen) atoms. The summed E-state index contributed by atoms with van der Waals surface area (Å²) in [5.74, 6) is 1.12. The Morgan fingerprint density at radius 3 is 2.60 bits per heavy atom. The minimum atomic E-state index is 0.508. The Bertz CT molecular complexity index is 319. The second kappa shape index (κ2) is 4.49. The second-order valence-corrected chi connectivity index (χ2v) is 5.31. The van der Waals surface area contributed by atoms with E-state index in [0.717, 1.165) is 29.4 Å². The molecule has 0 unspecified atom stereocenters. The maximum atomic E-state index is 5.60. The first-order valence-corrected chi connectivity index (χ1v) is 6.34. The summed E-state index contributed by atoms with van der Waals surface area (Å²) in [6.45, 7) is 2.81. The van der Waals surface area contributed by atoms with E-state index in [1.54, 1.807) is 11.8 Å². The van der Waals surface area contributed by atoms with E-state index in [-0.39, 0.29) is 0 Å². The molecule has 1 aliphatic carbocycles. The smallest absolute Gasteiger partial charge is 0.187 e. The minimum absolute atomic E-state index is 0.508. The van der Waals surface area contributed by atoms with Gasteiger partial charge in [-0.1, -0.05) is 11.8 Å². The molecule has 1 aliphatic rings. The van der Waals surface area contributed by atoms with Crippen LogP contribution in [0.5, 0.6) is 0 Å². The number of nitrogens with zero attached hydrogens (tertiary/aromatic N) is 2. The third-order valence-electron chi connectivity index (χ3n) is 2.90. The SMILES string of the molecule is Cc1cnc(SCC2(CCN)CC2)nc1. The van der Waals surface area contributed by atoms with Crippen molar-refractivity contribution in [3.63, 3.8) is 0 Å². The number of nitrogens with two attached hydrogens (primary N) is 1. The first kappa shape index (κ1) is 10.9. The van der Waals surface area contributed by atoms with Gasteiger partial charge < -0.3 is 5.73 Å². The van der Waals surface area contributed by atoms with Crippen molar-refractivity contribution < 1.29 is 0 Å². The zero-order chi connectivity index (χ0) is 10.7. The van der Waals surface area contributed by atoms with Crippen LogP contribution >= 0.6 is 11.8 Å². The van der Waals surface area contributed by atoms with Crippen molar-refractivity contribution in [1.82, 2.24) is 9.97 Å². The molecule has 4 heteroatoms. The normalized spacial score (nSPS) is 17.7. The van der Waals surface area contributed by atoms with Crippen molar-refractivity contribution in [2.24, 2.45) is 11.1 Å². The quantitative estimate of drug-likeness (QED) is 0.613. The van der Waals surface area contributed by atoms with Crippen LogP contribution in [0.15, 0.2) is 17.6 Å². The molecule has 0 saturated heterocycles. The van der Waals surface area contributed by atoms with Gasteiger partial charge in [-0.3, -0.25) is 0 Å². The van der Waals surface area contributed by atoms with Crippen molar-refractivity contribution in [3.05, 3.63) is 18.0 Å². The number of thioether (sulfide) groups is 1. The Morgan fingerprint density at radius 2 is 2.07 bits per heavy atom. The van der Waals surface area contributed by atoms with Crippen LogP contribution in [0, 0.1) is 12.3 Å². The third-order valence-corrected chi connectivity index (χ3v) is 4.12. The molecule has 0 spiro atoms.